The quantitative estimate of drug-likeness (QED) is 0.125. The van der Waals surface area contributed by atoms with Gasteiger partial charge in [-0.1, -0.05) is 79.2 Å². The number of aryl methyl sites for hydroxylation is 5. The van der Waals surface area contributed by atoms with Gasteiger partial charge in [0.25, 0.3) is 0 Å². The molecule has 0 aliphatic carbocycles. The first-order valence-corrected chi connectivity index (χ1v) is 22.1. The van der Waals surface area contributed by atoms with Gasteiger partial charge in [-0.25, -0.2) is 0 Å². The molecule has 60 heavy (non-hydrogen) atoms. The summed E-state index contributed by atoms with van der Waals surface area (Å²) in [5, 5.41) is 12.5. The SMILES string of the molecule is CCc1cc(C)cc(N(c2ccc(O)cc2)c2ccc(N(c3ccc(Oc4ccc(P(=O)(c5ccccc5)c5ccc(C)cc5)cc4)cc3)c3cc(C)cc(C)c3)cc2)c1. The molecule has 0 aromatic heterocycles. The summed E-state index contributed by atoms with van der Waals surface area (Å²) in [5.74, 6) is 1.59. The van der Waals surface area contributed by atoms with Gasteiger partial charge in [-0.2, -0.15) is 0 Å². The first kappa shape index (κ1) is 40.0. The molecule has 1 N–H and O–H groups in total. The molecule has 298 valence electrons. The highest BCUT2D eigenvalue weighted by atomic mass is 31.2. The summed E-state index contributed by atoms with van der Waals surface area (Å²) in [5.41, 5.74) is 12.0. The van der Waals surface area contributed by atoms with E-state index in [9.17, 15) is 9.67 Å². The van der Waals surface area contributed by atoms with Crippen LogP contribution in [0.2, 0.25) is 0 Å². The number of phenols is 1. The van der Waals surface area contributed by atoms with Gasteiger partial charge in [0.15, 0.2) is 7.14 Å². The molecule has 8 rings (SSSR count). The molecule has 0 aliphatic rings. The van der Waals surface area contributed by atoms with Crippen molar-refractivity contribution in [1.29, 1.82) is 0 Å². The Balaban J connectivity index is 1.10. The molecule has 0 radical (unpaired) electrons. The van der Waals surface area contributed by atoms with Crippen LogP contribution in [0.25, 0.3) is 0 Å². The summed E-state index contributed by atoms with van der Waals surface area (Å²) in [6, 6.07) is 62.8. The van der Waals surface area contributed by atoms with Gasteiger partial charge in [0.2, 0.25) is 0 Å². The van der Waals surface area contributed by atoms with E-state index < -0.39 is 7.14 Å². The second-order valence-electron chi connectivity index (χ2n) is 15.5. The Labute approximate surface area is 354 Å². The van der Waals surface area contributed by atoms with Gasteiger partial charge in [-0.3, -0.25) is 0 Å². The smallest absolute Gasteiger partial charge is 0.171 e. The number of phenolic OH excluding ortho intramolecular Hbond substituents is 1. The van der Waals surface area contributed by atoms with Crippen LogP contribution >= 0.6 is 7.14 Å². The van der Waals surface area contributed by atoms with Crippen LogP contribution in [-0.4, -0.2) is 5.11 Å². The fraction of sp³-hybridized carbons (Fsp3) is 0.111. The first-order valence-electron chi connectivity index (χ1n) is 20.4. The van der Waals surface area contributed by atoms with Crippen molar-refractivity contribution in [2.45, 2.75) is 41.0 Å². The van der Waals surface area contributed by atoms with Gasteiger partial charge >= 0.3 is 0 Å². The topological polar surface area (TPSA) is 53.0 Å². The molecule has 0 aliphatic heterocycles. The summed E-state index contributed by atoms with van der Waals surface area (Å²) in [4.78, 5) is 4.50. The molecule has 5 nitrogen and oxygen atoms in total. The lowest BCUT2D eigenvalue weighted by Crippen LogP contribution is -2.24. The minimum atomic E-state index is -3.10. The minimum Gasteiger partial charge on any atom is -0.508 e. The van der Waals surface area contributed by atoms with Crippen LogP contribution in [0.3, 0.4) is 0 Å². The van der Waals surface area contributed by atoms with Gasteiger partial charge < -0.3 is 24.2 Å². The van der Waals surface area contributed by atoms with Crippen molar-refractivity contribution in [3.05, 3.63) is 216 Å². The van der Waals surface area contributed by atoms with Gasteiger partial charge in [0.05, 0.1) is 0 Å². The van der Waals surface area contributed by atoms with Crippen molar-refractivity contribution in [1.82, 2.24) is 0 Å². The van der Waals surface area contributed by atoms with Crippen molar-refractivity contribution < 1.29 is 14.4 Å². The number of anilines is 6. The molecule has 0 bridgehead atoms. The first-order chi connectivity index (χ1) is 29.1. The molecule has 0 saturated carbocycles. The normalized spacial score (nSPS) is 12.1. The Morgan fingerprint density at radius 3 is 1.33 bits per heavy atom. The van der Waals surface area contributed by atoms with Crippen molar-refractivity contribution >= 4 is 57.2 Å². The van der Waals surface area contributed by atoms with Crippen molar-refractivity contribution in [2.75, 3.05) is 9.80 Å². The monoisotopic (exact) mass is 804 g/mol. The van der Waals surface area contributed by atoms with E-state index in [1.165, 1.54) is 22.3 Å². The van der Waals surface area contributed by atoms with Gasteiger partial charge in [-0.05, 0) is 178 Å². The number of aromatic hydroxyl groups is 1. The number of benzene rings is 8. The van der Waals surface area contributed by atoms with E-state index in [4.69, 9.17) is 4.74 Å². The Morgan fingerprint density at radius 2 is 0.833 bits per heavy atom. The summed E-state index contributed by atoms with van der Waals surface area (Å²) in [6.45, 7) is 10.6. The summed E-state index contributed by atoms with van der Waals surface area (Å²) >= 11 is 0. The van der Waals surface area contributed by atoms with E-state index in [1.807, 2.05) is 110 Å². The maximum Gasteiger partial charge on any atom is 0.171 e. The molecule has 8 aromatic carbocycles. The Hall–Kier alpha value is -6.81. The van der Waals surface area contributed by atoms with E-state index in [2.05, 4.69) is 110 Å². The molecule has 0 amide bonds. The van der Waals surface area contributed by atoms with Crippen LogP contribution in [0.4, 0.5) is 34.1 Å². The van der Waals surface area contributed by atoms with Crippen molar-refractivity contribution in [3.63, 3.8) is 0 Å². The largest absolute Gasteiger partial charge is 0.508 e. The van der Waals surface area contributed by atoms with E-state index in [1.54, 1.807) is 12.1 Å². The molecular formula is C54H49N2O3P. The summed E-state index contributed by atoms with van der Waals surface area (Å²) in [6.07, 6.45) is 0.935. The molecule has 0 heterocycles. The zero-order valence-corrected chi connectivity index (χ0v) is 35.6. The number of hydrogen-bond donors (Lipinski definition) is 1. The highest BCUT2D eigenvalue weighted by Gasteiger charge is 2.29. The third-order valence-electron chi connectivity index (χ3n) is 10.8. The average molecular weight is 805 g/mol. The molecular weight excluding hydrogens is 756 g/mol. The Kier molecular flexibility index (Phi) is 11.5. The third kappa shape index (κ3) is 8.50. The highest BCUT2D eigenvalue weighted by Crippen LogP contribution is 2.44. The van der Waals surface area contributed by atoms with Gasteiger partial charge in [0.1, 0.15) is 17.2 Å². The van der Waals surface area contributed by atoms with Gasteiger partial charge in [0, 0.05) is 50.0 Å². The zero-order chi connectivity index (χ0) is 41.8. The maximum atomic E-state index is 14.9. The molecule has 8 aromatic rings. The summed E-state index contributed by atoms with van der Waals surface area (Å²) < 4.78 is 21.3. The lowest BCUT2D eigenvalue weighted by Gasteiger charge is -2.29. The van der Waals surface area contributed by atoms with Crippen LogP contribution in [0, 0.1) is 27.7 Å². The Morgan fingerprint density at radius 1 is 0.433 bits per heavy atom. The second kappa shape index (κ2) is 17.2. The molecule has 1 unspecified atom stereocenters. The maximum absolute atomic E-state index is 14.9. The lowest BCUT2D eigenvalue weighted by molar-refractivity contribution is 0.475. The molecule has 0 saturated heterocycles. The number of nitrogens with zero attached hydrogens (tertiary/aromatic N) is 2. The predicted octanol–water partition coefficient (Wildman–Crippen LogP) is 13.6. The van der Waals surface area contributed by atoms with E-state index >= 15 is 0 Å². The lowest BCUT2D eigenvalue weighted by atomic mass is 10.1. The molecule has 0 spiro atoms. The third-order valence-corrected chi connectivity index (χ3v) is 13.9. The van der Waals surface area contributed by atoms with E-state index in [0.717, 1.165) is 62.0 Å². The second-order valence-corrected chi connectivity index (χ2v) is 18.2. The highest BCUT2D eigenvalue weighted by molar-refractivity contribution is 7.85. The van der Waals surface area contributed by atoms with Gasteiger partial charge in [-0.15, -0.1) is 0 Å². The van der Waals surface area contributed by atoms with Crippen molar-refractivity contribution in [3.8, 4) is 17.2 Å². The molecule has 6 heteroatoms. The Bertz CT molecular complexity index is 2750. The zero-order valence-electron chi connectivity index (χ0n) is 34.7. The fourth-order valence-electron chi connectivity index (χ4n) is 7.86. The minimum absolute atomic E-state index is 0.232. The van der Waals surface area contributed by atoms with Crippen LogP contribution in [0.1, 0.15) is 34.7 Å². The standard InChI is InChI=1S/C54H49N2O3P/c1-6-42-33-41(5)36-48(37-42)56(45-18-22-49(57)23-19-45)44-16-14-43(15-17-44)55(47-34-39(3)32-40(4)35-47)46-20-24-50(25-21-46)59-51-26-30-54(31-27-51)60(58,52-10-8-7-9-11-52)53-28-12-38(2)13-29-53/h7-37,57H,6H2,1-5H3. The van der Waals surface area contributed by atoms with E-state index in [-0.39, 0.29) is 5.75 Å². The van der Waals surface area contributed by atoms with Crippen LogP contribution in [0.15, 0.2) is 188 Å². The fourth-order valence-corrected chi connectivity index (χ4v) is 10.5. The van der Waals surface area contributed by atoms with E-state index in [0.29, 0.717) is 11.5 Å². The average Bonchev–Trinajstić information content (AvgIpc) is 3.26. The van der Waals surface area contributed by atoms with Crippen LogP contribution in [0.5, 0.6) is 17.2 Å². The number of ether oxygens (including phenoxy) is 1. The van der Waals surface area contributed by atoms with Crippen molar-refractivity contribution in [2.24, 2.45) is 0 Å². The predicted molar refractivity (Wildman–Crippen MR) is 252 cm³/mol. The molecule has 0 fully saturated rings. The number of rotatable bonds is 12. The van der Waals surface area contributed by atoms with Crippen LogP contribution in [-0.2, 0) is 11.0 Å². The van der Waals surface area contributed by atoms with Crippen LogP contribution < -0.4 is 30.5 Å². The summed E-state index contributed by atoms with van der Waals surface area (Å²) in [7, 11) is -3.10. The molecule has 1 atom stereocenters. The number of hydrogen-bond acceptors (Lipinski definition) is 5.